The fourth-order valence-corrected chi connectivity index (χ4v) is 3.89. The number of anilines is 1. The third kappa shape index (κ3) is 4.33. The van der Waals surface area contributed by atoms with Crippen LogP contribution in [0, 0.1) is 27.7 Å². The van der Waals surface area contributed by atoms with Crippen LogP contribution in [0.4, 0.5) is 5.69 Å². The molecule has 7 heteroatoms. The maximum atomic E-state index is 12.6. The minimum Gasteiger partial charge on any atom is -0.507 e. The highest BCUT2D eigenvalue weighted by molar-refractivity contribution is 7.80. The third-order valence-electron chi connectivity index (χ3n) is 5.16. The normalized spacial score (nSPS) is 10.9. The van der Waals surface area contributed by atoms with E-state index in [1.54, 1.807) is 18.2 Å². The number of phenolic OH excluding ortho intramolecular Hbond substituents is 1. The maximum absolute atomic E-state index is 12.6. The van der Waals surface area contributed by atoms with Gasteiger partial charge in [0.05, 0.1) is 5.56 Å². The monoisotopic (exact) mass is 445 g/mol. The first-order valence-electron chi connectivity index (χ1n) is 10.1. The molecule has 0 unspecified atom stereocenters. The second kappa shape index (κ2) is 8.43. The molecule has 3 aromatic carbocycles. The Hall–Kier alpha value is -3.71. The Bertz CT molecular complexity index is 1370. The van der Waals surface area contributed by atoms with Crippen LogP contribution in [0.1, 0.15) is 32.6 Å². The van der Waals surface area contributed by atoms with E-state index in [-0.39, 0.29) is 16.8 Å². The molecule has 0 fully saturated rings. The van der Waals surface area contributed by atoms with Gasteiger partial charge < -0.3 is 14.8 Å². The van der Waals surface area contributed by atoms with Gasteiger partial charge in [0.2, 0.25) is 5.89 Å². The topological polar surface area (TPSA) is 87.4 Å². The Labute approximate surface area is 191 Å². The molecule has 0 aliphatic carbocycles. The number of aromatic nitrogens is 1. The van der Waals surface area contributed by atoms with Crippen LogP contribution in [0.3, 0.4) is 0 Å². The Balaban J connectivity index is 1.56. The number of thiocarbonyl (C=S) groups is 1. The Morgan fingerprint density at radius 1 is 0.969 bits per heavy atom. The van der Waals surface area contributed by atoms with Crippen molar-refractivity contribution in [1.29, 1.82) is 0 Å². The second-order valence-electron chi connectivity index (χ2n) is 7.91. The predicted octanol–water partition coefficient (Wildman–Crippen LogP) is 5.56. The van der Waals surface area contributed by atoms with Gasteiger partial charge in [-0.05, 0) is 86.9 Å². The smallest absolute Gasteiger partial charge is 0.257 e. The van der Waals surface area contributed by atoms with Crippen molar-refractivity contribution < 1.29 is 14.3 Å². The number of benzene rings is 3. The molecule has 3 N–H and O–H groups in total. The lowest BCUT2D eigenvalue weighted by Gasteiger charge is -2.12. The molecule has 4 rings (SSSR count). The highest BCUT2D eigenvalue weighted by Crippen LogP contribution is 2.34. The zero-order chi connectivity index (χ0) is 23.0. The van der Waals surface area contributed by atoms with Gasteiger partial charge in [-0.1, -0.05) is 23.8 Å². The summed E-state index contributed by atoms with van der Waals surface area (Å²) in [7, 11) is 0. The molecule has 0 atom stereocenters. The molecular formula is C25H23N3O3S. The first kappa shape index (κ1) is 21.5. The van der Waals surface area contributed by atoms with Crippen molar-refractivity contribution in [2.75, 3.05) is 5.32 Å². The minimum absolute atomic E-state index is 0.0294. The van der Waals surface area contributed by atoms with Crippen LogP contribution < -0.4 is 10.6 Å². The third-order valence-corrected chi connectivity index (χ3v) is 5.36. The first-order valence-corrected chi connectivity index (χ1v) is 10.5. The Kier molecular flexibility index (Phi) is 5.67. The van der Waals surface area contributed by atoms with Crippen molar-refractivity contribution in [2.45, 2.75) is 27.7 Å². The van der Waals surface area contributed by atoms with Gasteiger partial charge >= 0.3 is 0 Å². The van der Waals surface area contributed by atoms with Crippen molar-refractivity contribution >= 4 is 40.0 Å². The summed E-state index contributed by atoms with van der Waals surface area (Å²) in [6.45, 7) is 7.81. The number of aryl methyl sites for hydroxylation is 4. The van der Waals surface area contributed by atoms with E-state index >= 15 is 0 Å². The summed E-state index contributed by atoms with van der Waals surface area (Å²) >= 11 is 5.31. The number of rotatable bonds is 3. The number of carbonyl (C=O) groups is 1. The quantitative estimate of drug-likeness (QED) is 0.283. The molecule has 1 aromatic heterocycles. The molecular weight excluding hydrogens is 422 g/mol. The largest absolute Gasteiger partial charge is 0.507 e. The fraction of sp³-hybridized carbons (Fsp3) is 0.160. The van der Waals surface area contributed by atoms with E-state index in [2.05, 4.69) is 15.6 Å². The Morgan fingerprint density at radius 2 is 1.72 bits per heavy atom. The number of nitrogens with zero attached hydrogens (tertiary/aromatic N) is 1. The van der Waals surface area contributed by atoms with Crippen LogP contribution in [0.15, 0.2) is 52.9 Å². The number of aromatic hydroxyl groups is 1. The number of carbonyl (C=O) groups excluding carboxylic acids is 1. The van der Waals surface area contributed by atoms with Gasteiger partial charge in [-0.25, -0.2) is 4.98 Å². The minimum atomic E-state index is -0.288. The number of amides is 1. The average molecular weight is 446 g/mol. The van der Waals surface area contributed by atoms with E-state index < -0.39 is 0 Å². The summed E-state index contributed by atoms with van der Waals surface area (Å²) in [5.41, 5.74) is 6.99. The highest BCUT2D eigenvalue weighted by Gasteiger charge is 2.16. The molecule has 0 spiro atoms. The molecule has 0 radical (unpaired) electrons. The zero-order valence-electron chi connectivity index (χ0n) is 18.2. The van der Waals surface area contributed by atoms with E-state index in [0.717, 1.165) is 27.8 Å². The van der Waals surface area contributed by atoms with Crippen LogP contribution >= 0.6 is 12.2 Å². The molecule has 0 saturated heterocycles. The molecule has 162 valence electrons. The summed E-state index contributed by atoms with van der Waals surface area (Å²) < 4.78 is 5.92. The van der Waals surface area contributed by atoms with Gasteiger partial charge in [-0.2, -0.15) is 0 Å². The molecule has 0 aliphatic rings. The van der Waals surface area contributed by atoms with E-state index in [1.807, 2.05) is 52.0 Å². The van der Waals surface area contributed by atoms with E-state index in [0.29, 0.717) is 28.3 Å². The molecule has 32 heavy (non-hydrogen) atoms. The van der Waals surface area contributed by atoms with Crippen LogP contribution in [-0.4, -0.2) is 21.1 Å². The molecule has 6 nitrogen and oxygen atoms in total. The predicted molar refractivity (Wildman–Crippen MR) is 130 cm³/mol. The van der Waals surface area contributed by atoms with E-state index in [4.69, 9.17) is 16.6 Å². The fourth-order valence-electron chi connectivity index (χ4n) is 3.68. The molecule has 1 amide bonds. The number of hydrogen-bond acceptors (Lipinski definition) is 5. The molecule has 0 aliphatic heterocycles. The molecule has 1 heterocycles. The van der Waals surface area contributed by atoms with Crippen molar-refractivity contribution in [3.05, 3.63) is 76.3 Å². The Morgan fingerprint density at radius 3 is 2.47 bits per heavy atom. The SMILES string of the molecule is Cc1ccc(C(=O)NC(=S)Nc2ccc(O)c(-c3nc4cc(C)cc(C)c4o3)c2)c(C)c1. The lowest BCUT2D eigenvalue weighted by molar-refractivity contribution is 0.0977. The van der Waals surface area contributed by atoms with Gasteiger partial charge in [0.25, 0.3) is 5.91 Å². The number of nitrogens with one attached hydrogen (secondary N) is 2. The summed E-state index contributed by atoms with van der Waals surface area (Å²) in [6, 6.07) is 14.4. The van der Waals surface area contributed by atoms with Crippen molar-refractivity contribution in [3.8, 4) is 17.2 Å². The van der Waals surface area contributed by atoms with Gasteiger partial charge in [0, 0.05) is 11.3 Å². The molecule has 0 saturated carbocycles. The first-order chi connectivity index (χ1) is 15.2. The van der Waals surface area contributed by atoms with Gasteiger partial charge in [0.1, 0.15) is 11.3 Å². The summed E-state index contributed by atoms with van der Waals surface area (Å²) in [4.78, 5) is 17.1. The molecule has 0 bridgehead atoms. The standard InChI is InChI=1S/C25H23N3O3S/c1-13-5-7-18(15(3)9-13)23(30)28-25(32)26-17-6-8-21(29)19(12-17)24-27-20-11-14(2)10-16(4)22(20)31-24/h5-12,29H,1-4H3,(H2,26,28,30,32). The molecule has 4 aromatic rings. The van der Waals surface area contributed by atoms with Crippen LogP contribution in [0.5, 0.6) is 5.75 Å². The van der Waals surface area contributed by atoms with Crippen molar-refractivity contribution in [2.24, 2.45) is 0 Å². The maximum Gasteiger partial charge on any atom is 0.257 e. The van der Waals surface area contributed by atoms with Crippen LogP contribution in [0.25, 0.3) is 22.6 Å². The summed E-state index contributed by atoms with van der Waals surface area (Å²) in [6.07, 6.45) is 0. The van der Waals surface area contributed by atoms with Crippen molar-refractivity contribution in [1.82, 2.24) is 10.3 Å². The van der Waals surface area contributed by atoms with E-state index in [1.165, 1.54) is 6.07 Å². The van der Waals surface area contributed by atoms with Crippen LogP contribution in [0.2, 0.25) is 0 Å². The summed E-state index contributed by atoms with van der Waals surface area (Å²) in [5.74, 6) is 0.0468. The average Bonchev–Trinajstić information content (AvgIpc) is 3.13. The lowest BCUT2D eigenvalue weighted by Crippen LogP contribution is -2.34. The summed E-state index contributed by atoms with van der Waals surface area (Å²) in [5, 5.41) is 16.2. The van der Waals surface area contributed by atoms with Crippen LogP contribution in [-0.2, 0) is 0 Å². The number of fused-ring (bicyclic) bond motifs is 1. The second-order valence-corrected chi connectivity index (χ2v) is 8.32. The van der Waals surface area contributed by atoms with Gasteiger partial charge in [-0.15, -0.1) is 0 Å². The number of hydrogen-bond donors (Lipinski definition) is 3. The highest BCUT2D eigenvalue weighted by atomic mass is 32.1. The van der Waals surface area contributed by atoms with Gasteiger partial charge in [-0.3, -0.25) is 10.1 Å². The number of oxazole rings is 1. The van der Waals surface area contributed by atoms with Gasteiger partial charge in [0.15, 0.2) is 10.7 Å². The lowest BCUT2D eigenvalue weighted by atomic mass is 10.1. The number of phenols is 1. The van der Waals surface area contributed by atoms with Crippen molar-refractivity contribution in [3.63, 3.8) is 0 Å². The van der Waals surface area contributed by atoms with E-state index in [9.17, 15) is 9.90 Å². The zero-order valence-corrected chi connectivity index (χ0v) is 19.1.